The number of benzene rings is 7. The number of para-hydroxylation sites is 2. The average molecular weight is 546 g/mol. The van der Waals surface area contributed by atoms with E-state index in [4.69, 9.17) is 18.4 Å². The van der Waals surface area contributed by atoms with E-state index in [1.807, 2.05) is 72.8 Å². The summed E-state index contributed by atoms with van der Waals surface area (Å²) in [4.78, 5) is 0. The summed E-state index contributed by atoms with van der Waals surface area (Å²) in [7, 11) is 0. The molecule has 7 aromatic carbocycles. The highest BCUT2D eigenvalue weighted by atomic mass is 16.5. The van der Waals surface area contributed by atoms with Gasteiger partial charge in [0.05, 0.1) is 24.7 Å². The first-order chi connectivity index (χ1) is 25.0. The predicted molar refractivity (Wildman–Crippen MR) is 175 cm³/mol. The van der Waals surface area contributed by atoms with Gasteiger partial charge >= 0.3 is 0 Å². The van der Waals surface area contributed by atoms with Crippen molar-refractivity contribution in [2.24, 2.45) is 0 Å². The second kappa shape index (κ2) is 8.95. The van der Waals surface area contributed by atoms with E-state index >= 15 is 0 Å². The van der Waals surface area contributed by atoms with Crippen LogP contribution in [0.5, 0.6) is 11.5 Å². The van der Waals surface area contributed by atoms with Crippen LogP contribution in [0.25, 0.3) is 71.6 Å². The Hall–Kier alpha value is -5.60. The van der Waals surface area contributed by atoms with Crippen LogP contribution in [0.15, 0.2) is 151 Å². The molecule has 0 aliphatic carbocycles. The van der Waals surface area contributed by atoms with Crippen molar-refractivity contribution < 1.29 is 18.4 Å². The van der Waals surface area contributed by atoms with Gasteiger partial charge in [-0.05, 0) is 81.7 Å². The van der Waals surface area contributed by atoms with E-state index in [-0.39, 0.29) is 80.8 Å². The van der Waals surface area contributed by atoms with Gasteiger partial charge in [0.1, 0.15) is 11.5 Å². The van der Waals surface area contributed by atoms with E-state index in [2.05, 4.69) is 4.57 Å². The minimum Gasteiger partial charge on any atom is -0.456 e. The summed E-state index contributed by atoms with van der Waals surface area (Å²) in [6.07, 6.45) is 0. The Morgan fingerprint density at radius 3 is 2.02 bits per heavy atom. The summed E-state index contributed by atoms with van der Waals surface area (Å²) in [6, 6.07) is 24.9. The van der Waals surface area contributed by atoms with Gasteiger partial charge < -0.3 is 9.30 Å². The highest BCUT2D eigenvalue weighted by Crippen LogP contribution is 2.47. The van der Waals surface area contributed by atoms with Crippen molar-refractivity contribution in [2.45, 2.75) is 0 Å². The molecule has 0 spiro atoms. The number of fused-ring (bicyclic) bond motifs is 5. The molecule has 0 radical (unpaired) electrons. The van der Waals surface area contributed by atoms with E-state index in [1.165, 1.54) is 6.07 Å². The summed E-state index contributed by atoms with van der Waals surface area (Å²) in [5.41, 5.74) is 4.38. The molecule has 0 saturated heterocycles. The molecule has 196 valence electrons. The van der Waals surface area contributed by atoms with Crippen molar-refractivity contribution in [2.75, 3.05) is 0 Å². The Kier molecular flexibility index (Phi) is 3.29. The quantitative estimate of drug-likeness (QED) is 0.215. The number of hydrogen-bond acceptors (Lipinski definition) is 1. The minimum atomic E-state index is -0.455. The molecule has 0 unspecified atom stereocenters. The van der Waals surface area contributed by atoms with Crippen LogP contribution in [-0.2, 0) is 0 Å². The smallest absolute Gasteiger partial charge is 0.135 e. The van der Waals surface area contributed by atoms with E-state index in [0.29, 0.717) is 11.1 Å². The van der Waals surface area contributed by atoms with Crippen LogP contribution in [-0.4, -0.2) is 4.57 Å². The lowest BCUT2D eigenvalue weighted by Crippen LogP contribution is -1.97. The standard InChI is InChI=1S/C40H25NO/c1-2-10-31(11-3-1)41-36-14-5-4-12-32(36)34-24-29(20-22-37(34)41)26-16-18-27(19-17-26)30-21-23-38-35(25-30)33-13-6-8-28-9-7-15-39(42-38)40(28)33/h1-25H/i6D,7D,8D,9D,13D,15D,16D,17D,18D,19D. The van der Waals surface area contributed by atoms with Crippen LogP contribution in [0.3, 0.4) is 0 Å². The molecule has 0 atom stereocenters. The third-order valence-electron chi connectivity index (χ3n) is 7.82. The zero-order valence-electron chi connectivity index (χ0n) is 32.0. The average Bonchev–Trinajstić information content (AvgIpc) is 3.49. The first-order valence-corrected chi connectivity index (χ1v) is 13.5. The van der Waals surface area contributed by atoms with Crippen molar-refractivity contribution in [3.63, 3.8) is 0 Å². The largest absolute Gasteiger partial charge is 0.456 e. The lowest BCUT2D eigenvalue weighted by Gasteiger charge is -2.22. The summed E-state index contributed by atoms with van der Waals surface area (Å²) in [6.45, 7) is 0. The molecule has 0 fully saturated rings. The third kappa shape index (κ3) is 3.45. The normalized spacial score (nSPS) is 15.3. The van der Waals surface area contributed by atoms with Crippen molar-refractivity contribution in [1.29, 1.82) is 0 Å². The Bertz CT molecular complexity index is 2850. The van der Waals surface area contributed by atoms with Crippen molar-refractivity contribution in [1.82, 2.24) is 4.57 Å². The van der Waals surface area contributed by atoms with Gasteiger partial charge in [-0.15, -0.1) is 0 Å². The minimum absolute atomic E-state index is 0.0314. The lowest BCUT2D eigenvalue weighted by atomic mass is 9.92. The maximum absolute atomic E-state index is 9.15. The van der Waals surface area contributed by atoms with Gasteiger partial charge in [-0.1, -0.05) is 103 Å². The number of hydrogen-bond donors (Lipinski definition) is 0. The van der Waals surface area contributed by atoms with E-state index in [0.717, 1.165) is 27.5 Å². The molecule has 1 aliphatic rings. The molecule has 2 heterocycles. The molecule has 0 N–H and O–H groups in total. The van der Waals surface area contributed by atoms with Crippen molar-refractivity contribution in [3.05, 3.63) is 151 Å². The van der Waals surface area contributed by atoms with Gasteiger partial charge in [-0.2, -0.15) is 0 Å². The molecule has 2 nitrogen and oxygen atoms in total. The van der Waals surface area contributed by atoms with E-state index in [9.17, 15) is 0 Å². The zero-order chi connectivity index (χ0) is 36.3. The molecule has 0 amide bonds. The van der Waals surface area contributed by atoms with E-state index < -0.39 is 24.2 Å². The van der Waals surface area contributed by atoms with Crippen LogP contribution in [0.4, 0.5) is 0 Å². The predicted octanol–water partition coefficient (Wildman–Crippen LogP) is 11.0. The SMILES string of the molecule is [2H]c1c([2H])c(-c2ccc3c(c2)c2ccccc2n3-c2ccccc2)c([2H])c([2H])c1-c1ccc2c(c1)-c1c([2H])c([2H])c([2H])c3c([2H])c([2H])c([2H])c(c13)O2. The molecule has 8 aromatic rings. The summed E-state index contributed by atoms with van der Waals surface area (Å²) in [5, 5.41) is 1.93. The lowest BCUT2D eigenvalue weighted by molar-refractivity contribution is 0.487. The molecular formula is C40H25NO. The Labute approximate surface area is 257 Å². The van der Waals surface area contributed by atoms with Crippen LogP contribution < -0.4 is 4.74 Å². The number of rotatable bonds is 3. The topological polar surface area (TPSA) is 14.2 Å². The number of nitrogens with zero attached hydrogens (tertiary/aromatic N) is 1. The second-order valence-corrected chi connectivity index (χ2v) is 10.2. The van der Waals surface area contributed by atoms with Crippen LogP contribution >= 0.6 is 0 Å². The highest BCUT2D eigenvalue weighted by Gasteiger charge is 2.20. The van der Waals surface area contributed by atoms with Gasteiger partial charge in [-0.3, -0.25) is 0 Å². The van der Waals surface area contributed by atoms with Gasteiger partial charge in [0.15, 0.2) is 0 Å². The van der Waals surface area contributed by atoms with Gasteiger partial charge in [0, 0.05) is 27.4 Å². The second-order valence-electron chi connectivity index (χ2n) is 10.2. The van der Waals surface area contributed by atoms with Crippen LogP contribution in [0.2, 0.25) is 0 Å². The first kappa shape index (κ1) is 15.4. The fourth-order valence-corrected chi connectivity index (χ4v) is 5.88. The Morgan fingerprint density at radius 1 is 0.500 bits per heavy atom. The zero-order valence-corrected chi connectivity index (χ0v) is 22.0. The van der Waals surface area contributed by atoms with Gasteiger partial charge in [0.2, 0.25) is 0 Å². The maximum Gasteiger partial charge on any atom is 0.135 e. The third-order valence-corrected chi connectivity index (χ3v) is 7.82. The van der Waals surface area contributed by atoms with Crippen molar-refractivity contribution in [3.8, 4) is 50.6 Å². The van der Waals surface area contributed by atoms with E-state index in [1.54, 1.807) is 12.1 Å². The summed E-state index contributed by atoms with van der Waals surface area (Å²) >= 11 is 0. The van der Waals surface area contributed by atoms with Crippen LogP contribution in [0.1, 0.15) is 13.7 Å². The van der Waals surface area contributed by atoms with Gasteiger partial charge in [0.25, 0.3) is 0 Å². The fourth-order valence-electron chi connectivity index (χ4n) is 5.88. The molecule has 42 heavy (non-hydrogen) atoms. The molecule has 1 aliphatic heterocycles. The first-order valence-electron chi connectivity index (χ1n) is 18.5. The molecule has 9 rings (SSSR count). The van der Waals surface area contributed by atoms with Crippen molar-refractivity contribution >= 4 is 32.6 Å². The monoisotopic (exact) mass is 545 g/mol. The molecule has 0 bridgehead atoms. The Balaban J connectivity index is 1.23. The Morgan fingerprint density at radius 2 is 1.19 bits per heavy atom. The summed E-state index contributed by atoms with van der Waals surface area (Å²) in [5.74, 6) is 0.120. The highest BCUT2D eigenvalue weighted by molar-refractivity contribution is 6.10. The molecule has 1 aromatic heterocycles. The van der Waals surface area contributed by atoms with Gasteiger partial charge in [-0.25, -0.2) is 0 Å². The maximum atomic E-state index is 9.15. The number of aromatic nitrogens is 1. The molecule has 2 heteroatoms. The summed E-state index contributed by atoms with van der Waals surface area (Å²) < 4.78 is 95.8. The fraction of sp³-hybridized carbons (Fsp3) is 0. The van der Waals surface area contributed by atoms with Crippen LogP contribution in [0, 0.1) is 0 Å². The number of ether oxygens (including phenoxy) is 1. The molecular weight excluding hydrogens is 510 g/mol. The molecule has 0 saturated carbocycles.